The van der Waals surface area contributed by atoms with Crippen LogP contribution in [0.1, 0.15) is 31.9 Å². The van der Waals surface area contributed by atoms with E-state index in [0.717, 1.165) is 17.0 Å². The van der Waals surface area contributed by atoms with Crippen LogP contribution in [0.5, 0.6) is 5.75 Å². The van der Waals surface area contributed by atoms with Crippen molar-refractivity contribution < 1.29 is 19.0 Å². The molecular weight excluding hydrogens is 354 g/mol. The van der Waals surface area contributed by atoms with Crippen LogP contribution in [0.4, 0.5) is 5.69 Å². The van der Waals surface area contributed by atoms with E-state index in [1.165, 1.54) is 5.56 Å². The molecule has 4 rings (SSSR count). The lowest BCUT2D eigenvalue weighted by Gasteiger charge is -2.59. The minimum atomic E-state index is -0.820. The number of fused-ring (bicyclic) bond motifs is 4. The first-order valence-electron chi connectivity index (χ1n) is 9.77. The number of para-hydroxylation sites is 2. The monoisotopic (exact) mass is 381 g/mol. The Morgan fingerprint density at radius 2 is 1.82 bits per heavy atom. The first-order valence-corrected chi connectivity index (χ1v) is 9.77. The van der Waals surface area contributed by atoms with Gasteiger partial charge >= 0.3 is 5.97 Å². The summed E-state index contributed by atoms with van der Waals surface area (Å²) in [5.74, 6) is 0.519. The van der Waals surface area contributed by atoms with Crippen molar-refractivity contribution in [3.63, 3.8) is 0 Å². The molecule has 0 radical (unpaired) electrons. The molecule has 5 heteroatoms. The van der Waals surface area contributed by atoms with Gasteiger partial charge in [0.1, 0.15) is 12.3 Å². The van der Waals surface area contributed by atoms with Crippen LogP contribution in [0.3, 0.4) is 0 Å². The van der Waals surface area contributed by atoms with Crippen LogP contribution in [0.2, 0.25) is 0 Å². The fourth-order valence-electron chi connectivity index (χ4n) is 4.91. The van der Waals surface area contributed by atoms with Crippen LogP contribution in [0, 0.1) is 5.92 Å². The molecule has 2 aliphatic heterocycles. The Morgan fingerprint density at radius 1 is 1.14 bits per heavy atom. The number of anilines is 1. The van der Waals surface area contributed by atoms with Gasteiger partial charge in [0.15, 0.2) is 5.72 Å². The van der Waals surface area contributed by atoms with Gasteiger partial charge in [-0.1, -0.05) is 50.2 Å². The van der Waals surface area contributed by atoms with E-state index in [4.69, 9.17) is 14.2 Å². The van der Waals surface area contributed by atoms with E-state index < -0.39 is 5.72 Å². The first kappa shape index (κ1) is 18.8. The van der Waals surface area contributed by atoms with Crippen LogP contribution in [0.15, 0.2) is 48.5 Å². The molecule has 0 saturated carbocycles. The van der Waals surface area contributed by atoms with Crippen molar-refractivity contribution in [3.8, 4) is 5.75 Å². The van der Waals surface area contributed by atoms with Crippen molar-refractivity contribution in [1.82, 2.24) is 0 Å². The van der Waals surface area contributed by atoms with E-state index in [-0.39, 0.29) is 23.8 Å². The number of carbonyl (C=O) groups is 1. The number of rotatable bonds is 4. The number of esters is 1. The second-order valence-electron chi connectivity index (χ2n) is 7.89. The maximum Gasteiger partial charge on any atom is 0.325 e. The van der Waals surface area contributed by atoms with Gasteiger partial charge < -0.3 is 19.1 Å². The lowest BCUT2D eigenvalue weighted by Crippen LogP contribution is -2.65. The van der Waals surface area contributed by atoms with Gasteiger partial charge in [0.25, 0.3) is 0 Å². The van der Waals surface area contributed by atoms with Crippen LogP contribution in [-0.4, -0.2) is 32.8 Å². The van der Waals surface area contributed by atoms with Crippen LogP contribution in [-0.2, 0) is 25.4 Å². The molecule has 0 aromatic heterocycles. The quantitative estimate of drug-likeness (QED) is 0.753. The number of ether oxygens (including phenoxy) is 3. The van der Waals surface area contributed by atoms with E-state index >= 15 is 0 Å². The molecule has 0 spiro atoms. The molecule has 0 N–H and O–H groups in total. The summed E-state index contributed by atoms with van der Waals surface area (Å²) < 4.78 is 17.8. The molecule has 0 unspecified atom stereocenters. The average Bonchev–Trinajstić information content (AvgIpc) is 2.71. The molecule has 2 aromatic rings. The van der Waals surface area contributed by atoms with Crippen molar-refractivity contribution >= 4 is 11.7 Å². The molecule has 148 valence electrons. The normalized spacial score (nSPS) is 24.4. The average molecular weight is 381 g/mol. The van der Waals surface area contributed by atoms with E-state index in [1.807, 2.05) is 43.3 Å². The Balaban J connectivity index is 1.98. The highest BCUT2D eigenvalue weighted by Crippen LogP contribution is 2.58. The zero-order chi connectivity index (χ0) is 19.9. The van der Waals surface area contributed by atoms with Gasteiger partial charge in [0, 0.05) is 23.8 Å². The third-order valence-corrected chi connectivity index (χ3v) is 6.22. The molecule has 2 heterocycles. The fraction of sp³-hybridized carbons (Fsp3) is 0.435. The summed E-state index contributed by atoms with van der Waals surface area (Å²) in [6.45, 7) is 7.24. The summed E-state index contributed by atoms with van der Waals surface area (Å²) in [5, 5.41) is 0. The maximum atomic E-state index is 12.6. The number of carbonyl (C=O) groups excluding carboxylic acids is 1. The molecule has 0 fully saturated rings. The molecule has 0 amide bonds. The van der Waals surface area contributed by atoms with Gasteiger partial charge in [0.05, 0.1) is 19.1 Å². The molecule has 0 bridgehead atoms. The summed E-state index contributed by atoms with van der Waals surface area (Å²) in [6.07, 6.45) is 0. The van der Waals surface area contributed by atoms with Gasteiger partial charge in [-0.05, 0) is 24.6 Å². The number of methoxy groups -OCH3 is 1. The van der Waals surface area contributed by atoms with Gasteiger partial charge in [0.2, 0.25) is 0 Å². The van der Waals surface area contributed by atoms with E-state index in [0.29, 0.717) is 13.2 Å². The van der Waals surface area contributed by atoms with Gasteiger partial charge in [-0.3, -0.25) is 4.79 Å². The van der Waals surface area contributed by atoms with Crippen molar-refractivity contribution in [3.05, 3.63) is 59.7 Å². The van der Waals surface area contributed by atoms with Crippen molar-refractivity contribution in [2.24, 2.45) is 5.92 Å². The second-order valence-corrected chi connectivity index (χ2v) is 7.89. The highest BCUT2D eigenvalue weighted by atomic mass is 16.5. The number of hydrogen-bond donors (Lipinski definition) is 0. The smallest absolute Gasteiger partial charge is 0.325 e. The second kappa shape index (κ2) is 6.82. The predicted octanol–water partition coefficient (Wildman–Crippen LogP) is 3.86. The van der Waals surface area contributed by atoms with Gasteiger partial charge in [-0.25, -0.2) is 0 Å². The van der Waals surface area contributed by atoms with Crippen LogP contribution in [0.25, 0.3) is 0 Å². The Hall–Kier alpha value is -2.53. The molecule has 5 nitrogen and oxygen atoms in total. The lowest BCUT2D eigenvalue weighted by atomic mass is 9.62. The Labute approximate surface area is 166 Å². The zero-order valence-electron chi connectivity index (χ0n) is 16.9. The standard InChI is InChI=1S/C23H27NO4/c1-5-27-21(25)14-24-18-12-8-6-10-16(18)22(2,3)20-15-28-19-13-9-7-11-17(19)23(20,24)26-4/h6-13,20H,5,14-15H2,1-4H3/t20-,23-/m1/s1. The highest BCUT2D eigenvalue weighted by Gasteiger charge is 2.60. The van der Waals surface area contributed by atoms with E-state index in [9.17, 15) is 4.79 Å². The molecule has 28 heavy (non-hydrogen) atoms. The Bertz CT molecular complexity index is 894. The lowest BCUT2D eigenvalue weighted by molar-refractivity contribution is -0.148. The molecule has 0 aliphatic carbocycles. The number of benzene rings is 2. The van der Waals surface area contributed by atoms with Gasteiger partial charge in [-0.2, -0.15) is 0 Å². The zero-order valence-corrected chi connectivity index (χ0v) is 16.9. The molecule has 2 aromatic carbocycles. The SMILES string of the molecule is CCOC(=O)CN1c2ccccc2C(C)(C)[C@H]2COc3ccccc3[C@@]21OC. The summed E-state index contributed by atoms with van der Waals surface area (Å²) in [6, 6.07) is 16.2. The molecule has 0 saturated heterocycles. The largest absolute Gasteiger partial charge is 0.493 e. The first-order chi connectivity index (χ1) is 13.5. The third kappa shape index (κ3) is 2.53. The number of nitrogens with zero attached hydrogens (tertiary/aromatic N) is 1. The Kier molecular flexibility index (Phi) is 4.58. The van der Waals surface area contributed by atoms with E-state index in [2.05, 4.69) is 30.9 Å². The highest BCUT2D eigenvalue weighted by molar-refractivity contribution is 5.78. The summed E-state index contributed by atoms with van der Waals surface area (Å²) in [4.78, 5) is 14.6. The molecule has 2 atom stereocenters. The van der Waals surface area contributed by atoms with E-state index in [1.54, 1.807) is 7.11 Å². The van der Waals surface area contributed by atoms with Crippen molar-refractivity contribution in [2.75, 3.05) is 31.8 Å². The molecule has 2 aliphatic rings. The van der Waals surface area contributed by atoms with Crippen molar-refractivity contribution in [1.29, 1.82) is 0 Å². The summed E-state index contributed by atoms with van der Waals surface area (Å²) in [5.41, 5.74) is 2.08. The summed E-state index contributed by atoms with van der Waals surface area (Å²) in [7, 11) is 1.72. The van der Waals surface area contributed by atoms with Gasteiger partial charge in [-0.15, -0.1) is 0 Å². The molecular formula is C23H27NO4. The third-order valence-electron chi connectivity index (χ3n) is 6.22. The minimum absolute atomic E-state index is 0.00998. The number of hydrogen-bond acceptors (Lipinski definition) is 5. The predicted molar refractivity (Wildman–Crippen MR) is 108 cm³/mol. The fourth-order valence-corrected chi connectivity index (χ4v) is 4.91. The van der Waals surface area contributed by atoms with Crippen LogP contribution < -0.4 is 9.64 Å². The summed E-state index contributed by atoms with van der Waals surface area (Å²) >= 11 is 0. The minimum Gasteiger partial charge on any atom is -0.493 e. The maximum absolute atomic E-state index is 12.6. The topological polar surface area (TPSA) is 48.0 Å². The Morgan fingerprint density at radius 3 is 2.54 bits per heavy atom. The van der Waals surface area contributed by atoms with Crippen molar-refractivity contribution in [2.45, 2.75) is 31.9 Å². The van der Waals surface area contributed by atoms with Crippen LogP contribution >= 0.6 is 0 Å².